The number of piperidine rings is 1. The van der Waals surface area contributed by atoms with Gasteiger partial charge in [-0.2, -0.15) is 0 Å². The molecule has 1 amide bonds. The summed E-state index contributed by atoms with van der Waals surface area (Å²) in [5.74, 6) is 0.910. The topological polar surface area (TPSA) is 71.0 Å². The summed E-state index contributed by atoms with van der Waals surface area (Å²) in [4.78, 5) is 14.8. The average Bonchev–Trinajstić information content (AvgIpc) is 3.25. The Morgan fingerprint density at radius 1 is 1.10 bits per heavy atom. The molecule has 2 bridgehead atoms. The van der Waals surface area contributed by atoms with Crippen LogP contribution in [-0.4, -0.2) is 41.3 Å². The summed E-state index contributed by atoms with van der Waals surface area (Å²) in [5, 5.41) is 14.1. The SMILES string of the molecule is O=C(CN1C2CCC1CC(O)(c1ccc(F)cc1)C2)Nc1ccc2c(c1)OCO2. The number of anilines is 1. The van der Waals surface area contributed by atoms with Crippen molar-refractivity contribution in [3.8, 4) is 11.5 Å². The average molecular weight is 398 g/mol. The monoisotopic (exact) mass is 398 g/mol. The lowest BCUT2D eigenvalue weighted by molar-refractivity contribution is -0.121. The molecule has 0 spiro atoms. The number of carbonyl (C=O) groups is 1. The van der Waals surface area contributed by atoms with Gasteiger partial charge in [0.25, 0.3) is 0 Å². The van der Waals surface area contributed by atoms with Crippen molar-refractivity contribution in [1.29, 1.82) is 0 Å². The minimum Gasteiger partial charge on any atom is -0.454 e. The number of nitrogens with zero attached hydrogens (tertiary/aromatic N) is 1. The van der Waals surface area contributed by atoms with Gasteiger partial charge in [-0.05, 0) is 55.5 Å². The van der Waals surface area contributed by atoms with Gasteiger partial charge < -0.3 is 19.9 Å². The summed E-state index contributed by atoms with van der Waals surface area (Å²) in [7, 11) is 0. The molecule has 2 N–H and O–H groups in total. The first-order valence-corrected chi connectivity index (χ1v) is 9.94. The maximum atomic E-state index is 13.3. The number of ether oxygens (including phenoxy) is 2. The largest absolute Gasteiger partial charge is 0.454 e. The predicted molar refractivity (Wildman–Crippen MR) is 104 cm³/mol. The summed E-state index contributed by atoms with van der Waals surface area (Å²) in [5.41, 5.74) is 0.454. The molecule has 2 unspecified atom stereocenters. The first kappa shape index (κ1) is 18.4. The molecule has 2 fully saturated rings. The zero-order valence-electron chi connectivity index (χ0n) is 15.9. The molecule has 2 aromatic rings. The van der Waals surface area contributed by atoms with Crippen molar-refractivity contribution in [3.63, 3.8) is 0 Å². The molecule has 7 heteroatoms. The molecular formula is C22H23FN2O4. The van der Waals surface area contributed by atoms with E-state index in [1.807, 2.05) is 0 Å². The summed E-state index contributed by atoms with van der Waals surface area (Å²) in [6, 6.07) is 11.7. The maximum Gasteiger partial charge on any atom is 0.238 e. The van der Waals surface area contributed by atoms with Crippen LogP contribution in [0.2, 0.25) is 0 Å². The van der Waals surface area contributed by atoms with Crippen molar-refractivity contribution in [3.05, 3.63) is 53.8 Å². The van der Waals surface area contributed by atoms with Gasteiger partial charge in [-0.1, -0.05) is 12.1 Å². The summed E-state index contributed by atoms with van der Waals surface area (Å²) < 4.78 is 23.9. The Labute approximate surface area is 168 Å². The maximum absolute atomic E-state index is 13.3. The van der Waals surface area contributed by atoms with Crippen molar-refractivity contribution < 1.29 is 23.8 Å². The van der Waals surface area contributed by atoms with Crippen LogP contribution >= 0.6 is 0 Å². The van der Waals surface area contributed by atoms with Gasteiger partial charge in [0.2, 0.25) is 12.7 Å². The molecule has 0 aliphatic carbocycles. The molecule has 2 saturated heterocycles. The molecule has 2 atom stereocenters. The van der Waals surface area contributed by atoms with E-state index in [-0.39, 0.29) is 37.1 Å². The Morgan fingerprint density at radius 2 is 1.79 bits per heavy atom. The fourth-order valence-electron chi connectivity index (χ4n) is 4.91. The second-order valence-electron chi connectivity index (χ2n) is 8.12. The smallest absolute Gasteiger partial charge is 0.238 e. The Bertz CT molecular complexity index is 919. The van der Waals surface area contributed by atoms with Gasteiger partial charge in [-0.15, -0.1) is 0 Å². The molecule has 29 heavy (non-hydrogen) atoms. The van der Waals surface area contributed by atoms with E-state index in [1.165, 1.54) is 12.1 Å². The standard InChI is InChI=1S/C22H23FN2O4/c23-15-3-1-14(2-4-15)22(27)10-17-6-7-18(11-22)25(17)12-21(26)24-16-5-8-19-20(9-16)29-13-28-19/h1-5,8-9,17-18,27H,6-7,10-13H2,(H,24,26). The molecule has 5 rings (SSSR count). The third-order valence-electron chi connectivity index (χ3n) is 6.28. The van der Waals surface area contributed by atoms with Gasteiger partial charge >= 0.3 is 0 Å². The number of hydrogen-bond donors (Lipinski definition) is 2. The molecule has 0 radical (unpaired) electrons. The zero-order chi connectivity index (χ0) is 20.0. The Balaban J connectivity index is 1.25. The van der Waals surface area contributed by atoms with E-state index in [9.17, 15) is 14.3 Å². The zero-order valence-corrected chi connectivity index (χ0v) is 15.9. The third kappa shape index (κ3) is 3.45. The highest BCUT2D eigenvalue weighted by molar-refractivity contribution is 5.92. The van der Waals surface area contributed by atoms with E-state index in [1.54, 1.807) is 30.3 Å². The van der Waals surface area contributed by atoms with Crippen LogP contribution < -0.4 is 14.8 Å². The van der Waals surface area contributed by atoms with Crippen molar-refractivity contribution in [2.45, 2.75) is 43.4 Å². The lowest BCUT2D eigenvalue weighted by Gasteiger charge is -2.43. The Kier molecular flexibility index (Phi) is 4.44. The number of nitrogens with one attached hydrogen (secondary N) is 1. The van der Waals surface area contributed by atoms with Crippen molar-refractivity contribution in [2.24, 2.45) is 0 Å². The van der Waals surface area contributed by atoms with Crippen LogP contribution in [0.15, 0.2) is 42.5 Å². The molecule has 0 aromatic heterocycles. The van der Waals surface area contributed by atoms with Gasteiger partial charge in [0, 0.05) is 23.8 Å². The molecule has 3 aliphatic rings. The first-order valence-electron chi connectivity index (χ1n) is 9.94. The lowest BCUT2D eigenvalue weighted by atomic mass is 9.80. The highest BCUT2D eigenvalue weighted by Crippen LogP contribution is 2.45. The van der Waals surface area contributed by atoms with Crippen molar-refractivity contribution in [1.82, 2.24) is 4.90 Å². The van der Waals surface area contributed by atoms with E-state index in [4.69, 9.17) is 9.47 Å². The molecule has 0 saturated carbocycles. The summed E-state index contributed by atoms with van der Waals surface area (Å²) in [6.45, 7) is 0.476. The third-order valence-corrected chi connectivity index (χ3v) is 6.28. The normalized spacial score (nSPS) is 27.8. The number of benzene rings is 2. The van der Waals surface area contributed by atoms with Crippen molar-refractivity contribution in [2.75, 3.05) is 18.7 Å². The minimum atomic E-state index is -0.968. The number of hydrogen-bond acceptors (Lipinski definition) is 5. The highest BCUT2D eigenvalue weighted by Gasteiger charge is 2.48. The second-order valence-corrected chi connectivity index (χ2v) is 8.12. The van der Waals surface area contributed by atoms with Crippen LogP contribution in [0.5, 0.6) is 11.5 Å². The molecule has 6 nitrogen and oxygen atoms in total. The first-order chi connectivity index (χ1) is 14.0. The van der Waals surface area contributed by atoms with Crippen LogP contribution in [0, 0.1) is 5.82 Å². The molecular weight excluding hydrogens is 375 g/mol. The molecule has 152 valence electrons. The van der Waals surface area contributed by atoms with Crippen molar-refractivity contribution >= 4 is 11.6 Å². The second kappa shape index (κ2) is 7.00. The van der Waals surface area contributed by atoms with Crippen LogP contribution in [0.4, 0.5) is 10.1 Å². The number of carbonyl (C=O) groups excluding carboxylic acids is 1. The molecule has 3 aliphatic heterocycles. The number of rotatable bonds is 4. The van der Waals surface area contributed by atoms with E-state index in [2.05, 4.69) is 10.2 Å². The van der Waals surface area contributed by atoms with Gasteiger partial charge in [-0.3, -0.25) is 9.69 Å². The van der Waals surface area contributed by atoms with E-state index in [0.717, 1.165) is 18.4 Å². The van der Waals surface area contributed by atoms with E-state index in [0.29, 0.717) is 30.0 Å². The number of amides is 1. The van der Waals surface area contributed by atoms with Gasteiger partial charge in [0.15, 0.2) is 11.5 Å². The highest BCUT2D eigenvalue weighted by atomic mass is 19.1. The lowest BCUT2D eigenvalue weighted by Crippen LogP contribution is -2.51. The Hall–Kier alpha value is -2.64. The molecule has 2 aromatic carbocycles. The van der Waals surface area contributed by atoms with Crippen LogP contribution in [-0.2, 0) is 10.4 Å². The number of aliphatic hydroxyl groups is 1. The number of fused-ring (bicyclic) bond motifs is 3. The summed E-state index contributed by atoms with van der Waals surface area (Å²) in [6.07, 6.45) is 3.00. The van der Waals surface area contributed by atoms with E-state index < -0.39 is 5.60 Å². The van der Waals surface area contributed by atoms with Gasteiger partial charge in [0.1, 0.15) is 5.82 Å². The fraction of sp³-hybridized carbons (Fsp3) is 0.409. The van der Waals surface area contributed by atoms with Gasteiger partial charge in [-0.25, -0.2) is 4.39 Å². The fourth-order valence-corrected chi connectivity index (χ4v) is 4.91. The minimum absolute atomic E-state index is 0.0898. The Morgan fingerprint density at radius 3 is 2.52 bits per heavy atom. The van der Waals surface area contributed by atoms with Crippen LogP contribution in [0.25, 0.3) is 0 Å². The quantitative estimate of drug-likeness (QED) is 0.829. The van der Waals surface area contributed by atoms with Crippen LogP contribution in [0.3, 0.4) is 0 Å². The van der Waals surface area contributed by atoms with E-state index >= 15 is 0 Å². The number of halogens is 1. The molecule has 3 heterocycles. The van der Waals surface area contributed by atoms with Gasteiger partial charge in [0.05, 0.1) is 12.1 Å². The van der Waals surface area contributed by atoms with Crippen LogP contribution in [0.1, 0.15) is 31.2 Å². The predicted octanol–water partition coefficient (Wildman–Crippen LogP) is 3.01. The summed E-state index contributed by atoms with van der Waals surface area (Å²) >= 11 is 0.